The predicted octanol–water partition coefficient (Wildman–Crippen LogP) is 3.11. The first kappa shape index (κ1) is 19.0. The van der Waals surface area contributed by atoms with Crippen LogP contribution in [-0.2, 0) is 20.0 Å². The Hall–Kier alpha value is -3.36. The van der Waals surface area contributed by atoms with Crippen LogP contribution in [0.5, 0.6) is 5.75 Å². The Morgan fingerprint density at radius 2 is 1.93 bits per heavy atom. The van der Waals surface area contributed by atoms with E-state index in [1.807, 2.05) is 0 Å². The zero-order valence-electron chi connectivity index (χ0n) is 15.7. The number of rotatable bonds is 3. The van der Waals surface area contributed by atoms with Gasteiger partial charge in [-0.15, -0.1) is 0 Å². The number of aromatic nitrogens is 3. The third-order valence-electron chi connectivity index (χ3n) is 4.98. The minimum Gasteiger partial charge on any atom is -0.494 e. The van der Waals surface area contributed by atoms with E-state index in [1.165, 1.54) is 24.2 Å². The van der Waals surface area contributed by atoms with Crippen LogP contribution in [0.25, 0.3) is 11.3 Å². The summed E-state index contributed by atoms with van der Waals surface area (Å²) in [7, 11) is 3.11. The van der Waals surface area contributed by atoms with Crippen molar-refractivity contribution in [2.75, 3.05) is 13.7 Å². The number of hydrogen-bond acceptors (Lipinski definition) is 4. The van der Waals surface area contributed by atoms with E-state index in [0.717, 1.165) is 17.7 Å². The summed E-state index contributed by atoms with van der Waals surface area (Å²) in [4.78, 5) is 18.5. The van der Waals surface area contributed by atoms with Crippen LogP contribution in [0.15, 0.2) is 30.6 Å². The fourth-order valence-electron chi connectivity index (χ4n) is 3.64. The van der Waals surface area contributed by atoms with Crippen molar-refractivity contribution in [1.29, 1.82) is 0 Å². The van der Waals surface area contributed by atoms with E-state index in [4.69, 9.17) is 4.74 Å². The maximum atomic E-state index is 13.7. The van der Waals surface area contributed by atoms with Crippen LogP contribution in [0.2, 0.25) is 0 Å². The molecule has 1 aliphatic rings. The number of methoxy groups -OCH3 is 1. The predicted molar refractivity (Wildman–Crippen MR) is 97.8 cm³/mol. The maximum Gasteiger partial charge on any atom is 0.258 e. The summed E-state index contributed by atoms with van der Waals surface area (Å²) in [6.45, 7) is 0.627. The Morgan fingerprint density at radius 3 is 2.62 bits per heavy atom. The molecular formula is C20H17F3N4O2. The van der Waals surface area contributed by atoms with Crippen LogP contribution in [0.4, 0.5) is 13.2 Å². The SMILES string of the molecule is COc1cnccc1C(=O)N1CCc2c(nn(C)c2-c2cc(F)c(F)c(F)c2)C1. The zero-order valence-corrected chi connectivity index (χ0v) is 15.7. The second kappa shape index (κ2) is 7.23. The Bertz CT molecular complexity index is 1090. The number of benzene rings is 1. The Kier molecular flexibility index (Phi) is 4.73. The van der Waals surface area contributed by atoms with Gasteiger partial charge in [0.25, 0.3) is 5.91 Å². The molecule has 0 aliphatic carbocycles. The zero-order chi connectivity index (χ0) is 20.7. The quantitative estimate of drug-likeness (QED) is 0.632. The van der Waals surface area contributed by atoms with Gasteiger partial charge in [-0.05, 0) is 24.6 Å². The lowest BCUT2D eigenvalue weighted by Crippen LogP contribution is -2.36. The molecule has 3 aromatic rings. The molecular weight excluding hydrogens is 385 g/mol. The molecule has 0 fully saturated rings. The number of ether oxygens (including phenoxy) is 1. The number of amides is 1. The first-order valence-corrected chi connectivity index (χ1v) is 8.87. The summed E-state index contributed by atoms with van der Waals surface area (Å²) in [6, 6.07) is 3.49. The molecule has 0 saturated carbocycles. The van der Waals surface area contributed by atoms with Gasteiger partial charge >= 0.3 is 0 Å². The van der Waals surface area contributed by atoms with Gasteiger partial charge in [0.15, 0.2) is 17.5 Å². The van der Waals surface area contributed by atoms with Crippen LogP contribution in [0, 0.1) is 17.5 Å². The average Bonchev–Trinajstić information content (AvgIpc) is 3.05. The molecule has 150 valence electrons. The lowest BCUT2D eigenvalue weighted by Gasteiger charge is -2.27. The number of fused-ring (bicyclic) bond motifs is 1. The normalized spacial score (nSPS) is 13.3. The first-order chi connectivity index (χ1) is 13.9. The Labute approximate surface area is 164 Å². The molecule has 3 heterocycles. The van der Waals surface area contributed by atoms with E-state index in [9.17, 15) is 18.0 Å². The van der Waals surface area contributed by atoms with Crippen LogP contribution >= 0.6 is 0 Å². The molecule has 1 aromatic carbocycles. The summed E-state index contributed by atoms with van der Waals surface area (Å²) >= 11 is 0. The second-order valence-electron chi connectivity index (χ2n) is 6.70. The summed E-state index contributed by atoms with van der Waals surface area (Å²) in [5.41, 5.74) is 2.51. The van der Waals surface area contributed by atoms with Crippen molar-refractivity contribution in [1.82, 2.24) is 19.7 Å². The Morgan fingerprint density at radius 1 is 1.21 bits per heavy atom. The van der Waals surface area contributed by atoms with Crippen molar-refractivity contribution in [3.8, 4) is 17.0 Å². The van der Waals surface area contributed by atoms with Crippen molar-refractivity contribution in [2.45, 2.75) is 13.0 Å². The third-order valence-corrected chi connectivity index (χ3v) is 4.98. The van der Waals surface area contributed by atoms with Crippen LogP contribution < -0.4 is 4.74 Å². The van der Waals surface area contributed by atoms with Crippen molar-refractivity contribution >= 4 is 5.91 Å². The standard InChI is InChI=1S/C20H17F3N4O2/c1-26-19(11-7-14(21)18(23)15(22)8-11)12-4-6-27(10-16(12)25-26)20(28)13-3-5-24-9-17(13)29-2/h3,5,7-9H,4,6,10H2,1-2H3. The van der Waals surface area contributed by atoms with E-state index in [-0.39, 0.29) is 18.0 Å². The first-order valence-electron chi connectivity index (χ1n) is 8.87. The van der Waals surface area contributed by atoms with Crippen molar-refractivity contribution in [3.05, 3.63) is 64.9 Å². The highest BCUT2D eigenvalue weighted by Crippen LogP contribution is 2.32. The highest BCUT2D eigenvalue weighted by Gasteiger charge is 2.29. The monoisotopic (exact) mass is 402 g/mol. The van der Waals surface area contributed by atoms with Gasteiger partial charge in [-0.2, -0.15) is 5.10 Å². The summed E-state index contributed by atoms with van der Waals surface area (Å²) in [5, 5.41) is 4.42. The molecule has 1 amide bonds. The minimum atomic E-state index is -1.51. The largest absolute Gasteiger partial charge is 0.494 e. The molecule has 9 heteroatoms. The van der Waals surface area contributed by atoms with E-state index in [1.54, 1.807) is 18.0 Å². The van der Waals surface area contributed by atoms with Crippen molar-refractivity contribution in [2.24, 2.45) is 7.05 Å². The number of carbonyl (C=O) groups is 1. The molecule has 1 aliphatic heterocycles. The molecule has 0 spiro atoms. The van der Waals surface area contributed by atoms with Crippen LogP contribution in [0.1, 0.15) is 21.6 Å². The summed E-state index contributed by atoms with van der Waals surface area (Å²) in [6.07, 6.45) is 3.43. The number of aryl methyl sites for hydroxylation is 1. The molecule has 0 atom stereocenters. The van der Waals surface area contributed by atoms with Gasteiger partial charge in [0.1, 0.15) is 5.75 Å². The number of hydrogen-bond donors (Lipinski definition) is 0. The second-order valence-corrected chi connectivity index (χ2v) is 6.70. The Balaban J connectivity index is 1.67. The van der Waals surface area contributed by atoms with Crippen LogP contribution in [0.3, 0.4) is 0 Å². The van der Waals surface area contributed by atoms with Gasteiger partial charge in [-0.25, -0.2) is 13.2 Å². The molecule has 0 bridgehead atoms. The fraction of sp³-hybridized carbons (Fsp3) is 0.250. The molecule has 0 unspecified atom stereocenters. The highest BCUT2D eigenvalue weighted by atomic mass is 19.2. The molecule has 0 radical (unpaired) electrons. The number of pyridine rings is 1. The van der Waals surface area contributed by atoms with Gasteiger partial charge in [0.2, 0.25) is 0 Å². The van der Waals surface area contributed by atoms with E-state index < -0.39 is 17.5 Å². The average molecular weight is 402 g/mol. The highest BCUT2D eigenvalue weighted by molar-refractivity contribution is 5.96. The van der Waals surface area contributed by atoms with Gasteiger partial charge in [0.05, 0.1) is 36.8 Å². The minimum absolute atomic E-state index is 0.202. The van der Waals surface area contributed by atoms with Gasteiger partial charge < -0.3 is 9.64 Å². The summed E-state index contributed by atoms with van der Waals surface area (Å²) < 4.78 is 47.4. The van der Waals surface area contributed by atoms with E-state index in [0.29, 0.717) is 35.7 Å². The van der Waals surface area contributed by atoms with E-state index in [2.05, 4.69) is 10.1 Å². The van der Waals surface area contributed by atoms with Crippen molar-refractivity contribution in [3.63, 3.8) is 0 Å². The molecule has 0 N–H and O–H groups in total. The smallest absolute Gasteiger partial charge is 0.258 e. The molecule has 0 saturated heterocycles. The van der Waals surface area contributed by atoms with Gasteiger partial charge in [-0.1, -0.05) is 0 Å². The lowest BCUT2D eigenvalue weighted by molar-refractivity contribution is 0.0729. The molecule has 4 rings (SSSR count). The molecule has 6 nitrogen and oxygen atoms in total. The maximum absolute atomic E-state index is 13.7. The summed E-state index contributed by atoms with van der Waals surface area (Å²) in [5.74, 6) is -3.87. The van der Waals surface area contributed by atoms with E-state index >= 15 is 0 Å². The van der Waals surface area contributed by atoms with Crippen molar-refractivity contribution < 1.29 is 22.7 Å². The number of nitrogens with zero attached hydrogens (tertiary/aromatic N) is 4. The molecule has 29 heavy (non-hydrogen) atoms. The molecule has 2 aromatic heterocycles. The fourth-order valence-corrected chi connectivity index (χ4v) is 3.64. The lowest BCUT2D eigenvalue weighted by atomic mass is 9.99. The topological polar surface area (TPSA) is 60.2 Å². The van der Waals surface area contributed by atoms with Gasteiger partial charge in [-0.3, -0.25) is 14.5 Å². The number of halogens is 3. The van der Waals surface area contributed by atoms with Crippen LogP contribution in [-0.4, -0.2) is 39.2 Å². The van der Waals surface area contributed by atoms with Gasteiger partial charge in [0, 0.05) is 30.9 Å². The number of carbonyl (C=O) groups excluding carboxylic acids is 1. The third kappa shape index (κ3) is 3.22.